The van der Waals surface area contributed by atoms with Gasteiger partial charge in [-0.1, -0.05) is 18.2 Å². The fraction of sp³-hybridized carbons (Fsp3) is 0.421. The van der Waals surface area contributed by atoms with E-state index in [4.69, 9.17) is 4.74 Å². The van der Waals surface area contributed by atoms with Crippen LogP contribution in [-0.2, 0) is 4.79 Å². The minimum Gasteiger partial charge on any atom is -0.489 e. The maximum Gasteiger partial charge on any atom is 0.237 e. The Bertz CT molecular complexity index is 692. The van der Waals surface area contributed by atoms with Gasteiger partial charge in [0.1, 0.15) is 6.61 Å². The predicted octanol–water partition coefficient (Wildman–Crippen LogP) is 3.56. The molecule has 3 rings (SSSR count). The second kappa shape index (κ2) is 8.45. The maximum absolute atomic E-state index is 13.5. The molecule has 2 aromatic rings. The van der Waals surface area contributed by atoms with E-state index in [9.17, 15) is 9.18 Å². The average molecular weight is 362 g/mol. The number of rotatable bonds is 7. The molecule has 6 heteroatoms. The van der Waals surface area contributed by atoms with E-state index < -0.39 is 0 Å². The molecule has 1 saturated heterocycles. The molecule has 1 aliphatic heterocycles. The van der Waals surface area contributed by atoms with Crippen molar-refractivity contribution >= 4 is 17.2 Å². The van der Waals surface area contributed by atoms with Crippen molar-refractivity contribution in [3.8, 4) is 5.75 Å². The van der Waals surface area contributed by atoms with Gasteiger partial charge in [-0.05, 0) is 43.5 Å². The number of carbonyl (C=O) groups excluding carboxylic acids is 1. The van der Waals surface area contributed by atoms with Crippen LogP contribution in [0.2, 0.25) is 0 Å². The molecule has 0 N–H and O–H groups in total. The monoisotopic (exact) mass is 362 g/mol. The molecule has 134 valence electrons. The van der Waals surface area contributed by atoms with Gasteiger partial charge in [-0.3, -0.25) is 9.69 Å². The van der Waals surface area contributed by atoms with E-state index in [1.807, 2.05) is 22.9 Å². The van der Waals surface area contributed by atoms with Crippen molar-refractivity contribution in [2.75, 3.05) is 33.3 Å². The van der Waals surface area contributed by atoms with Gasteiger partial charge in [0.25, 0.3) is 0 Å². The summed E-state index contributed by atoms with van der Waals surface area (Å²) >= 11 is 1.71. The molecule has 0 aliphatic carbocycles. The quantitative estimate of drug-likeness (QED) is 0.755. The number of amides is 1. The Kier molecular flexibility index (Phi) is 6.04. The van der Waals surface area contributed by atoms with Crippen LogP contribution < -0.4 is 4.74 Å². The Morgan fingerprint density at radius 2 is 2.20 bits per heavy atom. The van der Waals surface area contributed by atoms with Gasteiger partial charge in [0.2, 0.25) is 5.91 Å². The lowest BCUT2D eigenvalue weighted by molar-refractivity contribution is -0.133. The zero-order valence-corrected chi connectivity index (χ0v) is 15.2. The van der Waals surface area contributed by atoms with E-state index in [1.165, 1.54) is 10.9 Å². The Morgan fingerprint density at radius 1 is 1.36 bits per heavy atom. The fourth-order valence-electron chi connectivity index (χ4n) is 3.12. The summed E-state index contributed by atoms with van der Waals surface area (Å²) in [7, 11) is 1.89. The summed E-state index contributed by atoms with van der Waals surface area (Å²) in [6.07, 6.45) is 2.08. The topological polar surface area (TPSA) is 32.8 Å². The van der Waals surface area contributed by atoms with Crippen molar-refractivity contribution in [3.05, 3.63) is 52.5 Å². The summed E-state index contributed by atoms with van der Waals surface area (Å²) in [5.74, 6) is 0.0286. The van der Waals surface area contributed by atoms with Crippen molar-refractivity contribution in [2.24, 2.45) is 0 Å². The Labute approximate surface area is 151 Å². The second-order valence-corrected chi connectivity index (χ2v) is 7.26. The summed E-state index contributed by atoms with van der Waals surface area (Å²) in [6, 6.07) is 10.7. The smallest absolute Gasteiger partial charge is 0.237 e. The highest BCUT2D eigenvalue weighted by molar-refractivity contribution is 7.10. The van der Waals surface area contributed by atoms with E-state index in [0.29, 0.717) is 19.7 Å². The number of likely N-dealkylation sites (N-methyl/N-ethyl adjacent to an activating group) is 1. The number of benzene rings is 1. The zero-order valence-electron chi connectivity index (χ0n) is 14.4. The van der Waals surface area contributed by atoms with Gasteiger partial charge >= 0.3 is 0 Å². The minimum absolute atomic E-state index is 0.143. The van der Waals surface area contributed by atoms with Crippen molar-refractivity contribution in [1.82, 2.24) is 9.80 Å². The lowest BCUT2D eigenvalue weighted by Crippen LogP contribution is -2.39. The summed E-state index contributed by atoms with van der Waals surface area (Å²) in [4.78, 5) is 17.8. The van der Waals surface area contributed by atoms with Gasteiger partial charge in [-0.25, -0.2) is 4.39 Å². The molecule has 0 radical (unpaired) electrons. The number of nitrogens with zero attached hydrogens (tertiary/aromatic N) is 2. The number of thiophene rings is 1. The van der Waals surface area contributed by atoms with E-state index in [0.717, 1.165) is 19.4 Å². The number of hydrogen-bond acceptors (Lipinski definition) is 4. The molecular weight excluding hydrogens is 339 g/mol. The Balaban J connectivity index is 1.46. The fourth-order valence-corrected chi connectivity index (χ4v) is 3.99. The van der Waals surface area contributed by atoms with Crippen LogP contribution in [0.4, 0.5) is 4.39 Å². The third-order valence-corrected chi connectivity index (χ3v) is 5.39. The normalized spacial score (nSPS) is 17.2. The number of carbonyl (C=O) groups is 1. The van der Waals surface area contributed by atoms with Crippen LogP contribution in [0, 0.1) is 5.82 Å². The Hall–Kier alpha value is -1.92. The highest BCUT2D eigenvalue weighted by Crippen LogP contribution is 2.34. The maximum atomic E-state index is 13.5. The molecule has 0 saturated carbocycles. The Morgan fingerprint density at radius 3 is 2.96 bits per heavy atom. The number of ether oxygens (including phenoxy) is 1. The van der Waals surface area contributed by atoms with Gasteiger partial charge in [0, 0.05) is 18.0 Å². The van der Waals surface area contributed by atoms with Crippen molar-refractivity contribution in [1.29, 1.82) is 0 Å². The van der Waals surface area contributed by atoms with E-state index in [1.54, 1.807) is 29.5 Å². The van der Waals surface area contributed by atoms with Crippen LogP contribution in [0.15, 0.2) is 41.8 Å². The number of hydrogen-bond donors (Lipinski definition) is 0. The first-order chi connectivity index (χ1) is 12.1. The average Bonchev–Trinajstić information content (AvgIpc) is 3.27. The first-order valence-corrected chi connectivity index (χ1v) is 9.42. The van der Waals surface area contributed by atoms with Crippen LogP contribution in [0.25, 0.3) is 0 Å². The molecular formula is C19H23FN2O2S. The van der Waals surface area contributed by atoms with Gasteiger partial charge in [0.15, 0.2) is 11.6 Å². The molecule has 0 spiro atoms. The molecule has 1 atom stereocenters. The molecule has 1 amide bonds. The lowest BCUT2D eigenvalue weighted by atomic mass is 10.2. The van der Waals surface area contributed by atoms with Crippen molar-refractivity contribution in [3.63, 3.8) is 0 Å². The SMILES string of the molecule is CN(CCOc1ccccc1F)CC(=O)N1CCCC1c1cccs1. The van der Waals surface area contributed by atoms with E-state index >= 15 is 0 Å². The van der Waals surface area contributed by atoms with Gasteiger partial charge < -0.3 is 9.64 Å². The molecule has 0 bridgehead atoms. The summed E-state index contributed by atoms with van der Waals surface area (Å²) in [6.45, 7) is 2.08. The van der Waals surface area contributed by atoms with Crippen LogP contribution in [0.3, 0.4) is 0 Å². The molecule has 1 unspecified atom stereocenters. The first kappa shape index (κ1) is 17.9. The van der Waals surface area contributed by atoms with Crippen LogP contribution in [0.1, 0.15) is 23.8 Å². The molecule has 1 fully saturated rings. The third-order valence-electron chi connectivity index (χ3n) is 4.42. The number of para-hydroxylation sites is 1. The van der Waals surface area contributed by atoms with Crippen molar-refractivity contribution in [2.45, 2.75) is 18.9 Å². The second-order valence-electron chi connectivity index (χ2n) is 6.28. The van der Waals surface area contributed by atoms with E-state index in [2.05, 4.69) is 11.4 Å². The molecule has 4 nitrogen and oxygen atoms in total. The zero-order chi connectivity index (χ0) is 17.6. The van der Waals surface area contributed by atoms with Gasteiger partial charge in [-0.2, -0.15) is 0 Å². The van der Waals surface area contributed by atoms with Crippen LogP contribution in [-0.4, -0.2) is 49.0 Å². The third kappa shape index (κ3) is 4.58. The summed E-state index contributed by atoms with van der Waals surface area (Å²) in [5.41, 5.74) is 0. The number of likely N-dealkylation sites (tertiary alicyclic amines) is 1. The molecule has 2 heterocycles. The van der Waals surface area contributed by atoms with Crippen LogP contribution in [0.5, 0.6) is 5.75 Å². The summed E-state index contributed by atoms with van der Waals surface area (Å²) < 4.78 is 19.0. The predicted molar refractivity (Wildman–Crippen MR) is 97.4 cm³/mol. The van der Waals surface area contributed by atoms with E-state index in [-0.39, 0.29) is 23.5 Å². The molecule has 1 aromatic heterocycles. The highest BCUT2D eigenvalue weighted by Gasteiger charge is 2.30. The molecule has 25 heavy (non-hydrogen) atoms. The molecule has 1 aliphatic rings. The lowest BCUT2D eigenvalue weighted by Gasteiger charge is -2.26. The highest BCUT2D eigenvalue weighted by atomic mass is 32.1. The standard InChI is InChI=1S/C19H23FN2O2S/c1-21(11-12-24-17-8-3-2-6-15(17)20)14-19(23)22-10-4-7-16(22)18-9-5-13-25-18/h2-3,5-6,8-9,13,16H,4,7,10-12,14H2,1H3. The summed E-state index contributed by atoms with van der Waals surface area (Å²) in [5, 5.41) is 2.06. The minimum atomic E-state index is -0.364. The van der Waals surface area contributed by atoms with Crippen LogP contribution >= 0.6 is 11.3 Å². The largest absolute Gasteiger partial charge is 0.489 e. The first-order valence-electron chi connectivity index (χ1n) is 8.54. The molecule has 1 aromatic carbocycles. The van der Waals surface area contributed by atoms with Gasteiger partial charge in [0.05, 0.1) is 12.6 Å². The van der Waals surface area contributed by atoms with Gasteiger partial charge in [-0.15, -0.1) is 11.3 Å². The van der Waals surface area contributed by atoms with Crippen molar-refractivity contribution < 1.29 is 13.9 Å². The number of halogens is 1.